The Hall–Kier alpha value is -1.44. The summed E-state index contributed by atoms with van der Waals surface area (Å²) in [6, 6.07) is 13.1. The van der Waals surface area contributed by atoms with Gasteiger partial charge in [-0.2, -0.15) is 0 Å². The molecule has 0 aliphatic carbocycles. The number of benzene rings is 2. The van der Waals surface area contributed by atoms with Crippen molar-refractivity contribution in [2.24, 2.45) is 0 Å². The van der Waals surface area contributed by atoms with E-state index in [0.717, 1.165) is 14.9 Å². The molecule has 0 bridgehead atoms. The number of rotatable bonds is 4. The Labute approximate surface area is 127 Å². The second-order valence-corrected chi connectivity index (χ2v) is 5.07. The maximum absolute atomic E-state index is 12.0. The Balaban J connectivity index is 1.96. The molecule has 2 nitrogen and oxygen atoms in total. The van der Waals surface area contributed by atoms with Gasteiger partial charge in [0.05, 0.1) is 3.57 Å². The quantitative estimate of drug-likeness (QED) is 0.696. The molecule has 0 spiro atoms. The standard InChI is InChI=1S/C14H10F3IO2/c15-14(16,17)20-11-7-5-10(6-8-11)9-19-13-4-2-1-3-12(13)18/h1-8H,9H2. The summed E-state index contributed by atoms with van der Waals surface area (Å²) in [7, 11) is 0. The molecule has 0 unspecified atom stereocenters. The van der Waals surface area contributed by atoms with E-state index in [9.17, 15) is 13.2 Å². The largest absolute Gasteiger partial charge is 0.573 e. The summed E-state index contributed by atoms with van der Waals surface area (Å²) >= 11 is 2.15. The first-order chi connectivity index (χ1) is 9.44. The molecule has 0 radical (unpaired) electrons. The molecule has 0 N–H and O–H groups in total. The van der Waals surface area contributed by atoms with Gasteiger partial charge in [0, 0.05) is 0 Å². The summed E-state index contributed by atoms with van der Waals surface area (Å²) in [5.74, 6) is 0.499. The Morgan fingerprint density at radius 3 is 2.20 bits per heavy atom. The molecule has 2 aromatic rings. The molecule has 0 atom stereocenters. The zero-order chi connectivity index (χ0) is 14.6. The monoisotopic (exact) mass is 394 g/mol. The lowest BCUT2D eigenvalue weighted by atomic mass is 10.2. The van der Waals surface area contributed by atoms with Crippen molar-refractivity contribution in [3.8, 4) is 11.5 Å². The molecule has 0 aliphatic heterocycles. The van der Waals surface area contributed by atoms with Gasteiger partial charge >= 0.3 is 6.36 Å². The van der Waals surface area contributed by atoms with Crippen molar-refractivity contribution in [1.29, 1.82) is 0 Å². The summed E-state index contributed by atoms with van der Waals surface area (Å²) in [6.45, 7) is 0.284. The summed E-state index contributed by atoms with van der Waals surface area (Å²) in [5.41, 5.74) is 0.763. The molecule has 0 heterocycles. The lowest BCUT2D eigenvalue weighted by molar-refractivity contribution is -0.274. The van der Waals surface area contributed by atoms with Gasteiger partial charge < -0.3 is 9.47 Å². The van der Waals surface area contributed by atoms with Gasteiger partial charge in [0.2, 0.25) is 0 Å². The third-order valence-corrected chi connectivity index (χ3v) is 3.28. The van der Waals surface area contributed by atoms with Crippen molar-refractivity contribution in [2.75, 3.05) is 0 Å². The van der Waals surface area contributed by atoms with E-state index in [0.29, 0.717) is 0 Å². The first-order valence-electron chi connectivity index (χ1n) is 5.66. The zero-order valence-corrected chi connectivity index (χ0v) is 12.3. The van der Waals surface area contributed by atoms with Crippen molar-refractivity contribution >= 4 is 22.6 Å². The van der Waals surface area contributed by atoms with E-state index in [2.05, 4.69) is 27.3 Å². The number of hydrogen-bond donors (Lipinski definition) is 0. The number of hydrogen-bond acceptors (Lipinski definition) is 2. The topological polar surface area (TPSA) is 18.5 Å². The molecule has 0 fully saturated rings. The maximum Gasteiger partial charge on any atom is 0.573 e. The number of ether oxygens (including phenoxy) is 2. The molecule has 20 heavy (non-hydrogen) atoms. The molecule has 0 aromatic heterocycles. The van der Waals surface area contributed by atoms with Crippen molar-refractivity contribution in [3.05, 3.63) is 57.7 Å². The second kappa shape index (κ2) is 6.34. The molecular weight excluding hydrogens is 384 g/mol. The lowest BCUT2D eigenvalue weighted by Gasteiger charge is -2.10. The van der Waals surface area contributed by atoms with Crippen LogP contribution in [0.25, 0.3) is 0 Å². The Kier molecular flexibility index (Phi) is 4.74. The highest BCUT2D eigenvalue weighted by Crippen LogP contribution is 2.24. The number of alkyl halides is 3. The Morgan fingerprint density at radius 1 is 0.950 bits per heavy atom. The number of para-hydroxylation sites is 1. The Bertz CT molecular complexity index is 567. The highest BCUT2D eigenvalue weighted by atomic mass is 127. The van der Waals surface area contributed by atoms with E-state index in [1.165, 1.54) is 24.3 Å². The number of halogens is 4. The van der Waals surface area contributed by atoms with Crippen LogP contribution in [0.15, 0.2) is 48.5 Å². The van der Waals surface area contributed by atoms with Crippen LogP contribution in [0, 0.1) is 3.57 Å². The molecule has 0 amide bonds. The van der Waals surface area contributed by atoms with Crippen LogP contribution in [-0.2, 0) is 6.61 Å². The Morgan fingerprint density at radius 2 is 1.60 bits per heavy atom. The minimum Gasteiger partial charge on any atom is -0.488 e. The van der Waals surface area contributed by atoms with Crippen LogP contribution in [0.1, 0.15) is 5.56 Å². The zero-order valence-electron chi connectivity index (χ0n) is 10.2. The van der Waals surface area contributed by atoms with E-state index < -0.39 is 6.36 Å². The molecule has 2 aromatic carbocycles. The molecule has 2 rings (SSSR count). The second-order valence-electron chi connectivity index (χ2n) is 3.91. The summed E-state index contributed by atoms with van der Waals surface area (Å²) < 4.78 is 46.4. The van der Waals surface area contributed by atoms with E-state index in [4.69, 9.17) is 4.74 Å². The highest BCUT2D eigenvalue weighted by Gasteiger charge is 2.30. The van der Waals surface area contributed by atoms with Gasteiger partial charge in [0.15, 0.2) is 0 Å². The van der Waals surface area contributed by atoms with Crippen LogP contribution in [0.4, 0.5) is 13.2 Å². The lowest BCUT2D eigenvalue weighted by Crippen LogP contribution is -2.17. The van der Waals surface area contributed by atoms with E-state index in [1.54, 1.807) is 0 Å². The summed E-state index contributed by atoms with van der Waals surface area (Å²) in [5, 5.41) is 0. The van der Waals surface area contributed by atoms with Crippen molar-refractivity contribution in [2.45, 2.75) is 13.0 Å². The normalized spacial score (nSPS) is 11.2. The minimum atomic E-state index is -4.67. The van der Waals surface area contributed by atoms with Crippen LogP contribution >= 0.6 is 22.6 Å². The van der Waals surface area contributed by atoms with Crippen molar-refractivity contribution in [1.82, 2.24) is 0 Å². The molecule has 106 valence electrons. The average Bonchev–Trinajstić information content (AvgIpc) is 2.38. The van der Waals surface area contributed by atoms with Gasteiger partial charge in [-0.1, -0.05) is 24.3 Å². The molecule has 0 saturated carbocycles. The fourth-order valence-electron chi connectivity index (χ4n) is 1.51. The van der Waals surface area contributed by atoms with Crippen LogP contribution in [0.2, 0.25) is 0 Å². The average molecular weight is 394 g/mol. The first-order valence-corrected chi connectivity index (χ1v) is 6.74. The van der Waals surface area contributed by atoms with Gasteiger partial charge in [0.25, 0.3) is 0 Å². The summed E-state index contributed by atoms with van der Waals surface area (Å²) in [4.78, 5) is 0. The van der Waals surface area contributed by atoms with Gasteiger partial charge in [-0.3, -0.25) is 0 Å². The molecule has 6 heteroatoms. The first kappa shape index (κ1) is 15.0. The van der Waals surface area contributed by atoms with Gasteiger partial charge in [-0.05, 0) is 52.4 Å². The van der Waals surface area contributed by atoms with Crippen LogP contribution in [-0.4, -0.2) is 6.36 Å². The van der Waals surface area contributed by atoms with Crippen LogP contribution < -0.4 is 9.47 Å². The van der Waals surface area contributed by atoms with Crippen LogP contribution in [0.3, 0.4) is 0 Å². The minimum absolute atomic E-state index is 0.240. The predicted octanol–water partition coefficient (Wildman–Crippen LogP) is 4.77. The SMILES string of the molecule is FC(F)(F)Oc1ccc(COc2ccccc2I)cc1. The smallest absolute Gasteiger partial charge is 0.488 e. The van der Waals surface area contributed by atoms with E-state index in [1.807, 2.05) is 24.3 Å². The van der Waals surface area contributed by atoms with Gasteiger partial charge in [-0.25, -0.2) is 0 Å². The summed E-state index contributed by atoms with van der Waals surface area (Å²) in [6.07, 6.45) is -4.67. The van der Waals surface area contributed by atoms with Crippen molar-refractivity contribution < 1.29 is 22.6 Å². The highest BCUT2D eigenvalue weighted by molar-refractivity contribution is 14.1. The van der Waals surface area contributed by atoms with Gasteiger partial charge in [0.1, 0.15) is 18.1 Å². The van der Waals surface area contributed by atoms with Gasteiger partial charge in [-0.15, -0.1) is 13.2 Å². The van der Waals surface area contributed by atoms with Crippen LogP contribution in [0.5, 0.6) is 11.5 Å². The maximum atomic E-state index is 12.0. The van der Waals surface area contributed by atoms with E-state index in [-0.39, 0.29) is 12.4 Å². The third-order valence-electron chi connectivity index (χ3n) is 2.39. The fourth-order valence-corrected chi connectivity index (χ4v) is 2.05. The van der Waals surface area contributed by atoms with E-state index >= 15 is 0 Å². The molecule has 0 aliphatic rings. The molecule has 0 saturated heterocycles. The van der Waals surface area contributed by atoms with Crippen molar-refractivity contribution in [3.63, 3.8) is 0 Å². The third kappa shape index (κ3) is 4.59. The fraction of sp³-hybridized carbons (Fsp3) is 0.143. The molecular formula is C14H10F3IO2. The predicted molar refractivity (Wildman–Crippen MR) is 76.6 cm³/mol.